The Morgan fingerprint density at radius 1 is 1.17 bits per heavy atom. The Labute approximate surface area is 149 Å². The average Bonchev–Trinajstić information content (AvgIpc) is 2.94. The lowest BCUT2D eigenvalue weighted by Crippen LogP contribution is -2.40. The Morgan fingerprint density at radius 3 is 2.22 bits per heavy atom. The van der Waals surface area contributed by atoms with Gasteiger partial charge in [-0.05, 0) is 42.4 Å². The number of oxazole rings is 1. The minimum atomic E-state index is -1.08. The third-order valence-electron chi connectivity index (χ3n) is 3.30. The molecule has 0 aliphatic carbocycles. The molecule has 1 aliphatic rings. The second-order valence-corrected chi connectivity index (χ2v) is 6.49. The van der Waals surface area contributed by atoms with Crippen molar-refractivity contribution in [1.82, 2.24) is 4.98 Å². The van der Waals surface area contributed by atoms with Crippen molar-refractivity contribution in [3.63, 3.8) is 0 Å². The predicted octanol–water partition coefficient (Wildman–Crippen LogP) is 2.59. The van der Waals surface area contributed by atoms with Gasteiger partial charge in [-0.15, -0.1) is 0 Å². The highest BCUT2D eigenvalue weighted by molar-refractivity contribution is 14.1. The van der Waals surface area contributed by atoms with Gasteiger partial charge in [-0.1, -0.05) is 13.8 Å². The Hall–Kier alpha value is -1.16. The number of nitrogens with zero attached hydrogens (tertiary/aromatic N) is 3. The highest BCUT2D eigenvalue weighted by Gasteiger charge is 2.37. The first-order chi connectivity index (χ1) is 11.0. The number of ether oxygens (including phenoxy) is 2. The number of aliphatic hydroxyl groups is 1. The van der Waals surface area contributed by atoms with Gasteiger partial charge in [-0.3, -0.25) is 0 Å². The molecule has 0 spiro atoms. The van der Waals surface area contributed by atoms with Crippen LogP contribution >= 0.6 is 22.6 Å². The molecular formula is C15H22IN3O4. The third-order valence-corrected chi connectivity index (χ3v) is 3.80. The zero-order chi connectivity index (χ0) is 17.0. The van der Waals surface area contributed by atoms with E-state index in [1.54, 1.807) is 0 Å². The zero-order valence-corrected chi connectivity index (χ0v) is 15.9. The summed E-state index contributed by atoms with van der Waals surface area (Å²) in [4.78, 5) is 13.3. The fraction of sp³-hybridized carbons (Fsp3) is 0.667. The summed E-state index contributed by atoms with van der Waals surface area (Å²) in [6.45, 7) is 8.77. The van der Waals surface area contributed by atoms with Gasteiger partial charge in [0.2, 0.25) is 17.7 Å². The molecule has 8 heteroatoms. The molecule has 7 nitrogen and oxygen atoms in total. The summed E-state index contributed by atoms with van der Waals surface area (Å²) in [5, 5.41) is 10.6. The number of aliphatic hydroxyl groups excluding tert-OH is 1. The van der Waals surface area contributed by atoms with Gasteiger partial charge in [0.1, 0.15) is 16.0 Å². The summed E-state index contributed by atoms with van der Waals surface area (Å²) >= 11 is 2.02. The van der Waals surface area contributed by atoms with Crippen LogP contribution in [0.5, 0.6) is 0 Å². The van der Waals surface area contributed by atoms with Crippen LogP contribution < -0.4 is 0 Å². The SMILES string of the molecule is CCOC1=N[C@H](C(C)C)C(OCC)=N[C@H]1[C@@H](O)c1nc(I)co1. The van der Waals surface area contributed by atoms with E-state index in [9.17, 15) is 5.11 Å². The molecule has 1 N–H and O–H groups in total. The molecule has 0 fully saturated rings. The van der Waals surface area contributed by atoms with Crippen LogP contribution in [0.3, 0.4) is 0 Å². The number of aromatic nitrogens is 1. The standard InChI is InChI=1S/C15H22IN3O4/c1-5-21-13-10(8(3)4)18-14(22-6-2)11(19-13)12(20)15-17-9(16)7-23-15/h7-8,10-12,20H,5-6H2,1-4H3/t10-,11+,12-/m1/s1. The largest absolute Gasteiger partial charge is 0.480 e. The summed E-state index contributed by atoms with van der Waals surface area (Å²) in [5.41, 5.74) is 0. The molecule has 0 amide bonds. The number of rotatable bonds is 5. The molecule has 23 heavy (non-hydrogen) atoms. The van der Waals surface area contributed by atoms with Gasteiger partial charge in [0.25, 0.3) is 0 Å². The summed E-state index contributed by atoms with van der Waals surface area (Å²) < 4.78 is 17.2. The van der Waals surface area contributed by atoms with E-state index in [2.05, 4.69) is 15.0 Å². The van der Waals surface area contributed by atoms with Crippen molar-refractivity contribution in [2.45, 2.75) is 45.9 Å². The molecule has 0 aromatic carbocycles. The molecule has 1 aromatic rings. The first-order valence-corrected chi connectivity index (χ1v) is 8.75. The zero-order valence-electron chi connectivity index (χ0n) is 13.7. The minimum absolute atomic E-state index is 0.189. The van der Waals surface area contributed by atoms with Crippen molar-refractivity contribution in [3.05, 3.63) is 15.9 Å². The molecule has 3 atom stereocenters. The van der Waals surface area contributed by atoms with E-state index in [4.69, 9.17) is 13.9 Å². The molecule has 2 heterocycles. The summed E-state index contributed by atoms with van der Waals surface area (Å²) in [7, 11) is 0. The smallest absolute Gasteiger partial charge is 0.226 e. The molecule has 0 unspecified atom stereocenters. The topological polar surface area (TPSA) is 89.4 Å². The van der Waals surface area contributed by atoms with E-state index >= 15 is 0 Å². The second kappa shape index (κ2) is 8.09. The van der Waals surface area contributed by atoms with Crippen molar-refractivity contribution >= 4 is 34.4 Å². The monoisotopic (exact) mass is 435 g/mol. The fourth-order valence-corrected chi connectivity index (χ4v) is 2.62. The van der Waals surface area contributed by atoms with Gasteiger partial charge < -0.3 is 19.0 Å². The maximum atomic E-state index is 10.6. The van der Waals surface area contributed by atoms with Crippen molar-refractivity contribution in [3.8, 4) is 0 Å². The van der Waals surface area contributed by atoms with Gasteiger partial charge in [0.05, 0.1) is 13.2 Å². The maximum absolute atomic E-state index is 10.6. The van der Waals surface area contributed by atoms with Crippen molar-refractivity contribution in [2.75, 3.05) is 13.2 Å². The third kappa shape index (κ3) is 4.23. The number of hydrogen-bond acceptors (Lipinski definition) is 7. The molecule has 1 aliphatic heterocycles. The quantitative estimate of drug-likeness (QED) is 0.719. The van der Waals surface area contributed by atoms with E-state index < -0.39 is 12.1 Å². The van der Waals surface area contributed by atoms with E-state index in [1.807, 2.05) is 50.3 Å². The normalized spacial score (nSPS) is 22.6. The average molecular weight is 435 g/mol. The molecular weight excluding hydrogens is 413 g/mol. The summed E-state index contributed by atoms with van der Waals surface area (Å²) in [6, 6.07) is -0.939. The lowest BCUT2D eigenvalue weighted by molar-refractivity contribution is 0.122. The van der Waals surface area contributed by atoms with Crippen LogP contribution in [0.25, 0.3) is 0 Å². The van der Waals surface area contributed by atoms with Crippen LogP contribution in [-0.2, 0) is 9.47 Å². The molecule has 0 saturated carbocycles. The van der Waals surface area contributed by atoms with E-state index in [-0.39, 0.29) is 17.9 Å². The maximum Gasteiger partial charge on any atom is 0.226 e. The first-order valence-electron chi connectivity index (χ1n) is 7.67. The molecule has 0 bridgehead atoms. The lowest BCUT2D eigenvalue weighted by atomic mass is 10.0. The second-order valence-electron chi connectivity index (χ2n) is 5.39. The molecule has 0 radical (unpaired) electrons. The Morgan fingerprint density at radius 2 is 1.74 bits per heavy atom. The Balaban J connectivity index is 2.35. The van der Waals surface area contributed by atoms with Gasteiger partial charge in [0, 0.05) is 0 Å². The highest BCUT2D eigenvalue weighted by Crippen LogP contribution is 2.26. The highest BCUT2D eigenvalue weighted by atomic mass is 127. The van der Waals surface area contributed by atoms with Gasteiger partial charge in [0.15, 0.2) is 12.1 Å². The van der Waals surface area contributed by atoms with Gasteiger partial charge in [-0.2, -0.15) is 0 Å². The number of hydrogen-bond donors (Lipinski definition) is 1. The van der Waals surface area contributed by atoms with Crippen LogP contribution in [0.2, 0.25) is 0 Å². The minimum Gasteiger partial charge on any atom is -0.480 e. The molecule has 2 rings (SSSR count). The van der Waals surface area contributed by atoms with Gasteiger partial charge >= 0.3 is 0 Å². The molecule has 0 saturated heterocycles. The van der Waals surface area contributed by atoms with E-state index in [1.165, 1.54) is 6.26 Å². The Kier molecular flexibility index (Phi) is 6.40. The predicted molar refractivity (Wildman–Crippen MR) is 94.7 cm³/mol. The van der Waals surface area contributed by atoms with Gasteiger partial charge in [-0.25, -0.2) is 15.0 Å². The lowest BCUT2D eigenvalue weighted by Gasteiger charge is -2.29. The fourth-order valence-electron chi connectivity index (χ4n) is 2.26. The van der Waals surface area contributed by atoms with Crippen molar-refractivity contribution < 1.29 is 19.0 Å². The number of aliphatic imine (C=N–C) groups is 2. The van der Waals surface area contributed by atoms with Crippen LogP contribution in [0.4, 0.5) is 0 Å². The number of halogens is 1. The Bertz CT molecular complexity index is 585. The van der Waals surface area contributed by atoms with Crippen LogP contribution in [-0.4, -0.2) is 47.2 Å². The van der Waals surface area contributed by atoms with E-state index in [0.717, 1.165) is 0 Å². The van der Waals surface area contributed by atoms with E-state index in [0.29, 0.717) is 28.7 Å². The van der Waals surface area contributed by atoms with Crippen LogP contribution in [0.15, 0.2) is 20.7 Å². The van der Waals surface area contributed by atoms with Crippen LogP contribution in [0.1, 0.15) is 39.7 Å². The molecule has 1 aromatic heterocycles. The summed E-state index contributed by atoms with van der Waals surface area (Å²) in [5.74, 6) is 1.29. The summed E-state index contributed by atoms with van der Waals surface area (Å²) in [6.07, 6.45) is 0.399. The van der Waals surface area contributed by atoms with Crippen molar-refractivity contribution in [2.24, 2.45) is 15.9 Å². The van der Waals surface area contributed by atoms with Crippen LogP contribution in [0, 0.1) is 9.62 Å². The van der Waals surface area contributed by atoms with Crippen molar-refractivity contribution in [1.29, 1.82) is 0 Å². The molecule has 128 valence electrons. The first kappa shape index (κ1) is 18.2.